The highest BCUT2D eigenvalue weighted by atomic mass is 35.5. The van der Waals surface area contributed by atoms with Crippen molar-refractivity contribution in [3.63, 3.8) is 0 Å². The van der Waals surface area contributed by atoms with Crippen molar-refractivity contribution in [3.8, 4) is 0 Å². The second kappa shape index (κ2) is 4.68. The van der Waals surface area contributed by atoms with Gasteiger partial charge in [-0.3, -0.25) is 4.72 Å². The van der Waals surface area contributed by atoms with Crippen LogP contribution in [0, 0.1) is 0 Å². The Bertz CT molecular complexity index is 647. The van der Waals surface area contributed by atoms with Crippen molar-refractivity contribution in [1.29, 1.82) is 0 Å². The van der Waals surface area contributed by atoms with E-state index in [0.717, 1.165) is 0 Å². The average Bonchev–Trinajstić information content (AvgIpc) is 2.66. The third-order valence-electron chi connectivity index (χ3n) is 1.98. The van der Waals surface area contributed by atoms with E-state index in [4.69, 9.17) is 28.9 Å². The molecule has 96 valence electrons. The molecule has 1 heterocycles. The van der Waals surface area contributed by atoms with Crippen molar-refractivity contribution in [2.45, 2.75) is 4.90 Å². The number of halogens is 2. The molecule has 2 rings (SSSR count). The first-order valence-corrected chi connectivity index (χ1v) is 6.82. The second-order valence-electron chi connectivity index (χ2n) is 3.30. The topological polar surface area (TPSA) is 98.2 Å². The van der Waals surface area contributed by atoms with Crippen LogP contribution >= 0.6 is 23.2 Å². The van der Waals surface area contributed by atoms with Crippen LogP contribution in [0.4, 0.5) is 11.5 Å². The summed E-state index contributed by atoms with van der Waals surface area (Å²) in [6.07, 6.45) is 1.23. The minimum Gasteiger partial charge on any atom is -0.398 e. The zero-order valence-electron chi connectivity index (χ0n) is 8.72. The summed E-state index contributed by atoms with van der Waals surface area (Å²) >= 11 is 11.5. The fourth-order valence-electron chi connectivity index (χ4n) is 1.32. The summed E-state index contributed by atoms with van der Waals surface area (Å²) in [5.41, 5.74) is 5.55. The molecular weight excluding hydrogens is 301 g/mol. The third kappa shape index (κ3) is 2.53. The van der Waals surface area contributed by atoms with E-state index in [2.05, 4.69) is 14.4 Å². The zero-order chi connectivity index (χ0) is 13.3. The van der Waals surface area contributed by atoms with Gasteiger partial charge in [0.2, 0.25) is 0 Å². The molecule has 1 aromatic carbocycles. The van der Waals surface area contributed by atoms with Crippen molar-refractivity contribution in [1.82, 2.24) is 5.16 Å². The van der Waals surface area contributed by atoms with Gasteiger partial charge < -0.3 is 10.3 Å². The number of hydrogen-bond acceptors (Lipinski definition) is 5. The van der Waals surface area contributed by atoms with E-state index in [-0.39, 0.29) is 26.4 Å². The molecule has 0 aliphatic carbocycles. The number of nitrogens with one attached hydrogen (secondary N) is 1. The van der Waals surface area contributed by atoms with Crippen LogP contribution < -0.4 is 10.5 Å². The lowest BCUT2D eigenvalue weighted by Crippen LogP contribution is -2.15. The van der Waals surface area contributed by atoms with E-state index >= 15 is 0 Å². The van der Waals surface area contributed by atoms with Crippen LogP contribution in [0.15, 0.2) is 33.9 Å². The van der Waals surface area contributed by atoms with Crippen LogP contribution in [0.25, 0.3) is 0 Å². The molecule has 0 bridgehead atoms. The van der Waals surface area contributed by atoms with Crippen LogP contribution in [0.2, 0.25) is 10.0 Å². The standard InChI is InChI=1S/C9H7Cl2N3O3S/c10-5-3-6(11)9(7(12)4-5)18(15,16)14-8-1-2-17-13-8/h1-4H,12H2,(H,13,14). The molecule has 0 unspecified atom stereocenters. The molecule has 2 aromatic rings. The van der Waals surface area contributed by atoms with E-state index < -0.39 is 10.0 Å². The molecule has 0 fully saturated rings. The molecule has 6 nitrogen and oxygen atoms in total. The Balaban J connectivity index is 2.48. The maximum atomic E-state index is 12.1. The summed E-state index contributed by atoms with van der Waals surface area (Å²) in [7, 11) is -3.95. The molecular formula is C9H7Cl2N3O3S. The van der Waals surface area contributed by atoms with Crippen molar-refractivity contribution in [3.05, 3.63) is 34.5 Å². The fraction of sp³-hybridized carbons (Fsp3) is 0. The normalized spacial score (nSPS) is 11.4. The van der Waals surface area contributed by atoms with Gasteiger partial charge in [0.15, 0.2) is 5.82 Å². The Morgan fingerprint density at radius 3 is 2.61 bits per heavy atom. The summed E-state index contributed by atoms with van der Waals surface area (Å²) in [5, 5.41) is 3.60. The van der Waals surface area contributed by atoms with Crippen molar-refractivity contribution >= 4 is 44.7 Å². The van der Waals surface area contributed by atoms with Crippen LogP contribution in [-0.4, -0.2) is 13.6 Å². The van der Waals surface area contributed by atoms with E-state index in [0.29, 0.717) is 0 Å². The SMILES string of the molecule is Nc1cc(Cl)cc(Cl)c1S(=O)(=O)Nc1ccon1. The van der Waals surface area contributed by atoms with Gasteiger partial charge in [-0.05, 0) is 12.1 Å². The lowest BCUT2D eigenvalue weighted by atomic mass is 10.3. The molecule has 1 aromatic heterocycles. The highest BCUT2D eigenvalue weighted by Gasteiger charge is 2.23. The molecule has 0 aliphatic rings. The minimum atomic E-state index is -3.95. The molecule has 3 N–H and O–H groups in total. The number of rotatable bonds is 3. The predicted octanol–water partition coefficient (Wildman–Crippen LogP) is 2.36. The van der Waals surface area contributed by atoms with Crippen molar-refractivity contribution in [2.75, 3.05) is 10.5 Å². The lowest BCUT2D eigenvalue weighted by Gasteiger charge is -2.10. The number of sulfonamides is 1. The predicted molar refractivity (Wildman–Crippen MR) is 68.2 cm³/mol. The number of anilines is 2. The van der Waals surface area contributed by atoms with Gasteiger partial charge in [-0.15, -0.1) is 0 Å². The van der Waals surface area contributed by atoms with Crippen LogP contribution in [0.3, 0.4) is 0 Å². The van der Waals surface area contributed by atoms with Gasteiger partial charge in [-0.2, -0.15) is 0 Å². The number of hydrogen-bond donors (Lipinski definition) is 2. The number of aromatic nitrogens is 1. The Morgan fingerprint density at radius 2 is 2.06 bits per heavy atom. The zero-order valence-corrected chi connectivity index (χ0v) is 11.1. The summed E-state index contributed by atoms with van der Waals surface area (Å²) in [5.74, 6) is 0.0282. The Hall–Kier alpha value is -1.44. The summed E-state index contributed by atoms with van der Waals surface area (Å²) < 4.78 is 30.8. The molecule has 9 heteroatoms. The smallest absolute Gasteiger partial charge is 0.266 e. The monoisotopic (exact) mass is 307 g/mol. The molecule has 0 amide bonds. The largest absolute Gasteiger partial charge is 0.398 e. The molecule has 0 saturated carbocycles. The first kappa shape index (κ1) is 13.0. The number of nitrogens with two attached hydrogens (primary N) is 1. The van der Waals surface area contributed by atoms with Gasteiger partial charge in [-0.25, -0.2) is 8.42 Å². The number of nitrogens with zero attached hydrogens (tertiary/aromatic N) is 1. The van der Waals surface area contributed by atoms with Gasteiger partial charge in [0.05, 0.1) is 10.7 Å². The van der Waals surface area contributed by atoms with E-state index in [1.807, 2.05) is 0 Å². The quantitative estimate of drug-likeness (QED) is 0.848. The van der Waals surface area contributed by atoms with Crippen molar-refractivity contribution in [2.24, 2.45) is 0 Å². The average molecular weight is 308 g/mol. The fourth-order valence-corrected chi connectivity index (χ4v) is 3.30. The molecule has 0 saturated heterocycles. The van der Waals surface area contributed by atoms with Crippen LogP contribution in [0.5, 0.6) is 0 Å². The molecule has 0 spiro atoms. The molecule has 0 radical (unpaired) electrons. The van der Waals surface area contributed by atoms with Gasteiger partial charge in [0.1, 0.15) is 11.2 Å². The third-order valence-corrected chi connectivity index (χ3v) is 4.08. The molecule has 18 heavy (non-hydrogen) atoms. The van der Waals surface area contributed by atoms with Gasteiger partial charge in [0, 0.05) is 11.1 Å². The Morgan fingerprint density at radius 1 is 1.33 bits per heavy atom. The van der Waals surface area contributed by atoms with Gasteiger partial charge in [0.25, 0.3) is 10.0 Å². The first-order chi connectivity index (χ1) is 8.40. The minimum absolute atomic E-state index is 0.0282. The first-order valence-electron chi connectivity index (χ1n) is 4.58. The van der Waals surface area contributed by atoms with Gasteiger partial charge >= 0.3 is 0 Å². The number of nitrogen functional groups attached to an aromatic ring is 1. The van der Waals surface area contributed by atoms with E-state index in [1.165, 1.54) is 24.5 Å². The molecule has 0 aliphatic heterocycles. The van der Waals surface area contributed by atoms with Crippen LogP contribution in [-0.2, 0) is 10.0 Å². The Kier molecular flexibility index (Phi) is 3.38. The second-order valence-corrected chi connectivity index (χ2v) is 5.76. The summed E-state index contributed by atoms with van der Waals surface area (Å²) in [6, 6.07) is 3.93. The molecule has 0 atom stereocenters. The lowest BCUT2D eigenvalue weighted by molar-refractivity contribution is 0.423. The highest BCUT2D eigenvalue weighted by molar-refractivity contribution is 7.93. The summed E-state index contributed by atoms with van der Waals surface area (Å²) in [4.78, 5) is -0.253. The van der Waals surface area contributed by atoms with Gasteiger partial charge in [-0.1, -0.05) is 28.4 Å². The summed E-state index contributed by atoms with van der Waals surface area (Å²) in [6.45, 7) is 0. The number of benzene rings is 1. The Labute approximate surface area is 113 Å². The van der Waals surface area contributed by atoms with E-state index in [9.17, 15) is 8.42 Å². The van der Waals surface area contributed by atoms with Crippen LogP contribution in [0.1, 0.15) is 0 Å². The maximum Gasteiger partial charge on any atom is 0.266 e. The van der Waals surface area contributed by atoms with Crippen molar-refractivity contribution < 1.29 is 12.9 Å². The van der Waals surface area contributed by atoms with E-state index in [1.54, 1.807) is 0 Å². The highest BCUT2D eigenvalue weighted by Crippen LogP contribution is 2.32. The maximum absolute atomic E-state index is 12.1.